The first-order valence-corrected chi connectivity index (χ1v) is 8.85. The van der Waals surface area contributed by atoms with Crippen molar-refractivity contribution in [3.8, 4) is 0 Å². The maximum atomic E-state index is 13.5. The molecular weight excluding hydrogens is 346 g/mol. The summed E-state index contributed by atoms with van der Waals surface area (Å²) in [5.41, 5.74) is 4.24. The van der Waals surface area contributed by atoms with Gasteiger partial charge in [-0.25, -0.2) is 8.78 Å². The number of carbonyl (C=O) groups excluding carboxylic acids is 1. The second-order valence-corrected chi connectivity index (χ2v) is 6.85. The van der Waals surface area contributed by atoms with E-state index in [9.17, 15) is 13.6 Å². The molecule has 0 aliphatic heterocycles. The van der Waals surface area contributed by atoms with E-state index in [0.29, 0.717) is 5.56 Å². The van der Waals surface area contributed by atoms with Gasteiger partial charge in [0, 0.05) is 18.1 Å². The van der Waals surface area contributed by atoms with Crippen molar-refractivity contribution in [2.45, 2.75) is 33.2 Å². The van der Waals surface area contributed by atoms with Crippen molar-refractivity contribution in [2.75, 3.05) is 7.05 Å². The fourth-order valence-electron chi connectivity index (χ4n) is 3.32. The van der Waals surface area contributed by atoms with E-state index in [1.807, 2.05) is 38.1 Å². The van der Waals surface area contributed by atoms with Gasteiger partial charge in [0.2, 0.25) is 5.91 Å². The minimum absolute atomic E-state index is 0.101. The second kappa shape index (κ2) is 7.43. The van der Waals surface area contributed by atoms with Crippen LogP contribution in [0.4, 0.5) is 8.78 Å². The number of para-hydroxylation sites is 1. The number of fused-ring (bicyclic) bond motifs is 1. The van der Waals surface area contributed by atoms with E-state index >= 15 is 0 Å². The van der Waals surface area contributed by atoms with Crippen LogP contribution in [0.15, 0.2) is 42.5 Å². The van der Waals surface area contributed by atoms with Gasteiger partial charge in [0.05, 0.1) is 18.0 Å². The standard InChI is InChI=1S/C22H22F2N2O/c1-13-17-7-5-6-8-21(17)25-14(2)18(13)12-22(27)26(4)15(3)16-9-10-19(23)20(24)11-16/h5-11,15H,12H2,1-4H3. The molecule has 3 rings (SSSR count). The molecule has 5 heteroatoms. The summed E-state index contributed by atoms with van der Waals surface area (Å²) >= 11 is 0. The summed E-state index contributed by atoms with van der Waals surface area (Å²) in [6.45, 7) is 5.70. The molecule has 0 bridgehead atoms. The first kappa shape index (κ1) is 19.0. The van der Waals surface area contributed by atoms with Crippen LogP contribution in [-0.2, 0) is 11.2 Å². The smallest absolute Gasteiger partial charge is 0.227 e. The molecule has 1 atom stereocenters. The minimum atomic E-state index is -0.911. The van der Waals surface area contributed by atoms with Crippen LogP contribution >= 0.6 is 0 Å². The second-order valence-electron chi connectivity index (χ2n) is 6.85. The third-order valence-electron chi connectivity index (χ3n) is 5.21. The molecule has 1 aromatic heterocycles. The van der Waals surface area contributed by atoms with Crippen LogP contribution in [0.2, 0.25) is 0 Å². The number of benzene rings is 2. The SMILES string of the molecule is Cc1nc2ccccc2c(C)c1CC(=O)N(C)C(C)c1ccc(F)c(F)c1. The highest BCUT2D eigenvalue weighted by Gasteiger charge is 2.21. The molecule has 0 fully saturated rings. The van der Waals surface area contributed by atoms with Gasteiger partial charge in [0.1, 0.15) is 0 Å². The van der Waals surface area contributed by atoms with Gasteiger partial charge < -0.3 is 4.90 Å². The fraction of sp³-hybridized carbons (Fsp3) is 0.273. The summed E-state index contributed by atoms with van der Waals surface area (Å²) in [6.07, 6.45) is 0.208. The number of aryl methyl sites for hydroxylation is 2. The topological polar surface area (TPSA) is 33.2 Å². The predicted octanol–water partition coefficient (Wildman–Crippen LogP) is 4.89. The van der Waals surface area contributed by atoms with E-state index in [1.54, 1.807) is 18.9 Å². The van der Waals surface area contributed by atoms with E-state index in [0.717, 1.165) is 39.9 Å². The Bertz CT molecular complexity index is 1020. The van der Waals surface area contributed by atoms with Crippen LogP contribution in [0, 0.1) is 25.5 Å². The number of aromatic nitrogens is 1. The van der Waals surface area contributed by atoms with Gasteiger partial charge in [-0.05, 0) is 55.7 Å². The van der Waals surface area contributed by atoms with Crippen molar-refractivity contribution >= 4 is 16.8 Å². The summed E-state index contributed by atoms with van der Waals surface area (Å²) in [7, 11) is 1.67. The molecule has 0 aliphatic rings. The lowest BCUT2D eigenvalue weighted by Crippen LogP contribution is -2.31. The van der Waals surface area contributed by atoms with Gasteiger partial charge in [-0.15, -0.1) is 0 Å². The molecule has 1 unspecified atom stereocenters. The largest absolute Gasteiger partial charge is 0.339 e. The number of nitrogens with zero attached hydrogens (tertiary/aromatic N) is 2. The predicted molar refractivity (Wildman–Crippen MR) is 102 cm³/mol. The molecule has 3 aromatic rings. The zero-order valence-electron chi connectivity index (χ0n) is 15.9. The van der Waals surface area contributed by atoms with E-state index in [2.05, 4.69) is 4.98 Å². The zero-order valence-corrected chi connectivity index (χ0v) is 15.9. The molecular formula is C22H22F2N2O. The first-order chi connectivity index (χ1) is 12.8. The lowest BCUT2D eigenvalue weighted by Gasteiger charge is -2.26. The molecule has 0 saturated heterocycles. The Morgan fingerprint density at radius 1 is 1.11 bits per heavy atom. The third kappa shape index (κ3) is 3.68. The first-order valence-electron chi connectivity index (χ1n) is 8.85. The number of halogens is 2. The van der Waals surface area contributed by atoms with Crippen LogP contribution < -0.4 is 0 Å². The van der Waals surface area contributed by atoms with Crippen molar-refractivity contribution in [1.82, 2.24) is 9.88 Å². The molecule has 3 nitrogen and oxygen atoms in total. The molecule has 1 heterocycles. The average molecular weight is 368 g/mol. The molecule has 0 saturated carbocycles. The number of hydrogen-bond acceptors (Lipinski definition) is 2. The Labute approximate surface area is 157 Å². The normalized spacial score (nSPS) is 12.2. The fourth-order valence-corrected chi connectivity index (χ4v) is 3.32. The monoisotopic (exact) mass is 368 g/mol. The summed E-state index contributed by atoms with van der Waals surface area (Å²) in [6, 6.07) is 11.2. The molecule has 1 amide bonds. The van der Waals surface area contributed by atoms with E-state index in [4.69, 9.17) is 0 Å². The molecule has 0 radical (unpaired) electrons. The minimum Gasteiger partial charge on any atom is -0.339 e. The highest BCUT2D eigenvalue weighted by atomic mass is 19.2. The number of likely N-dealkylation sites (N-methyl/N-ethyl adjacent to an activating group) is 1. The Hall–Kier alpha value is -2.82. The number of amides is 1. The van der Waals surface area contributed by atoms with Crippen molar-refractivity contribution < 1.29 is 13.6 Å². The van der Waals surface area contributed by atoms with Crippen molar-refractivity contribution in [3.63, 3.8) is 0 Å². The number of pyridine rings is 1. The van der Waals surface area contributed by atoms with Crippen LogP contribution in [0.25, 0.3) is 10.9 Å². The molecule has 0 aliphatic carbocycles. The maximum Gasteiger partial charge on any atom is 0.227 e. The zero-order chi connectivity index (χ0) is 19.7. The van der Waals surface area contributed by atoms with Crippen LogP contribution in [-0.4, -0.2) is 22.8 Å². The Morgan fingerprint density at radius 2 is 1.81 bits per heavy atom. The highest BCUT2D eigenvalue weighted by Crippen LogP contribution is 2.25. The number of rotatable bonds is 4. The highest BCUT2D eigenvalue weighted by molar-refractivity contribution is 5.86. The van der Waals surface area contributed by atoms with Crippen LogP contribution in [0.3, 0.4) is 0 Å². The Kier molecular flexibility index (Phi) is 5.22. The van der Waals surface area contributed by atoms with Gasteiger partial charge in [-0.3, -0.25) is 9.78 Å². The lowest BCUT2D eigenvalue weighted by atomic mass is 9.98. The molecule has 140 valence electrons. The molecule has 2 aromatic carbocycles. The molecule has 0 spiro atoms. The van der Waals surface area contributed by atoms with Gasteiger partial charge in [0.25, 0.3) is 0 Å². The third-order valence-corrected chi connectivity index (χ3v) is 5.21. The molecule has 27 heavy (non-hydrogen) atoms. The van der Waals surface area contributed by atoms with Gasteiger partial charge in [0.15, 0.2) is 11.6 Å². The van der Waals surface area contributed by atoms with Gasteiger partial charge >= 0.3 is 0 Å². The Morgan fingerprint density at radius 3 is 2.52 bits per heavy atom. The summed E-state index contributed by atoms with van der Waals surface area (Å²) < 4.78 is 26.7. The Balaban J connectivity index is 1.86. The van der Waals surface area contributed by atoms with Crippen LogP contribution in [0.1, 0.15) is 35.3 Å². The number of carbonyl (C=O) groups is 1. The summed E-state index contributed by atoms with van der Waals surface area (Å²) in [5, 5.41) is 1.03. The van der Waals surface area contributed by atoms with Crippen molar-refractivity contribution in [1.29, 1.82) is 0 Å². The van der Waals surface area contributed by atoms with Crippen molar-refractivity contribution in [3.05, 3.63) is 76.5 Å². The summed E-state index contributed by atoms with van der Waals surface area (Å²) in [4.78, 5) is 19.0. The van der Waals surface area contributed by atoms with Crippen LogP contribution in [0.5, 0.6) is 0 Å². The van der Waals surface area contributed by atoms with E-state index < -0.39 is 11.6 Å². The average Bonchev–Trinajstić information content (AvgIpc) is 2.66. The number of hydrogen-bond donors (Lipinski definition) is 0. The molecule has 0 N–H and O–H groups in total. The maximum absolute atomic E-state index is 13.5. The quantitative estimate of drug-likeness (QED) is 0.657. The van der Waals surface area contributed by atoms with E-state index in [1.165, 1.54) is 6.07 Å². The van der Waals surface area contributed by atoms with Gasteiger partial charge in [-0.1, -0.05) is 24.3 Å². The summed E-state index contributed by atoms with van der Waals surface area (Å²) in [5.74, 6) is -1.91. The lowest BCUT2D eigenvalue weighted by molar-refractivity contribution is -0.131. The van der Waals surface area contributed by atoms with E-state index in [-0.39, 0.29) is 18.4 Å². The van der Waals surface area contributed by atoms with Crippen molar-refractivity contribution in [2.24, 2.45) is 0 Å². The van der Waals surface area contributed by atoms with Gasteiger partial charge in [-0.2, -0.15) is 0 Å².